The third-order valence-electron chi connectivity index (χ3n) is 5.06. The average molecular weight is 445 g/mol. The zero-order valence-corrected chi connectivity index (χ0v) is 19.0. The van der Waals surface area contributed by atoms with E-state index >= 15 is 0 Å². The molecule has 0 unspecified atom stereocenters. The number of benzene rings is 2. The predicted octanol–water partition coefficient (Wildman–Crippen LogP) is 2.77. The van der Waals surface area contributed by atoms with Gasteiger partial charge in [0.25, 0.3) is 0 Å². The van der Waals surface area contributed by atoms with E-state index in [4.69, 9.17) is 33.9 Å². The van der Waals surface area contributed by atoms with E-state index in [9.17, 15) is 0 Å². The Hall–Kier alpha value is -2.58. The summed E-state index contributed by atoms with van der Waals surface area (Å²) in [6, 6.07) is 16.0. The lowest BCUT2D eigenvalue weighted by atomic mass is 10.2. The summed E-state index contributed by atoms with van der Waals surface area (Å²) in [5, 5.41) is 8.25. The van der Waals surface area contributed by atoms with Crippen LogP contribution in [0.4, 0.5) is 0 Å². The molecule has 6 nitrogen and oxygen atoms in total. The monoisotopic (exact) mass is 444 g/mol. The quantitative estimate of drug-likeness (QED) is 0.660. The summed E-state index contributed by atoms with van der Waals surface area (Å²) >= 11 is 11.1. The van der Waals surface area contributed by atoms with Crippen LogP contribution >= 0.6 is 24.4 Å². The summed E-state index contributed by atoms with van der Waals surface area (Å²) in [4.78, 5) is 4.39. The van der Waals surface area contributed by atoms with Crippen molar-refractivity contribution >= 4 is 34.7 Å². The maximum absolute atomic E-state index is 5.57. The molecule has 0 radical (unpaired) electrons. The number of nitrogens with one attached hydrogen (secondary N) is 2. The van der Waals surface area contributed by atoms with Crippen LogP contribution in [-0.2, 0) is 13.1 Å². The Balaban J connectivity index is 1.38. The number of nitrogens with zero attached hydrogens (tertiary/aromatic N) is 2. The van der Waals surface area contributed by atoms with E-state index in [1.807, 2.05) is 48.5 Å². The smallest absolute Gasteiger partial charge is 0.169 e. The highest BCUT2D eigenvalue weighted by molar-refractivity contribution is 7.80. The maximum atomic E-state index is 5.57. The molecule has 3 rings (SSSR count). The normalized spacial score (nSPS) is 13.5. The Bertz CT molecular complexity index is 764. The fourth-order valence-electron chi connectivity index (χ4n) is 3.18. The van der Waals surface area contributed by atoms with E-state index in [0.717, 1.165) is 47.9 Å². The molecule has 2 aromatic carbocycles. The number of hydrogen-bond acceptors (Lipinski definition) is 4. The van der Waals surface area contributed by atoms with Gasteiger partial charge in [-0.15, -0.1) is 0 Å². The largest absolute Gasteiger partial charge is 0.497 e. The molecule has 1 aliphatic heterocycles. The molecule has 1 saturated heterocycles. The fourth-order valence-corrected chi connectivity index (χ4v) is 3.69. The predicted molar refractivity (Wildman–Crippen MR) is 128 cm³/mol. The van der Waals surface area contributed by atoms with Gasteiger partial charge in [0.05, 0.1) is 14.2 Å². The highest BCUT2D eigenvalue weighted by Gasteiger charge is 2.20. The van der Waals surface area contributed by atoms with Crippen LogP contribution in [0.25, 0.3) is 0 Å². The topological polar surface area (TPSA) is 49.0 Å². The van der Waals surface area contributed by atoms with Crippen molar-refractivity contribution in [3.05, 3.63) is 59.7 Å². The summed E-state index contributed by atoms with van der Waals surface area (Å²) in [5.74, 6) is 1.71. The van der Waals surface area contributed by atoms with Crippen molar-refractivity contribution in [1.82, 2.24) is 20.4 Å². The summed E-state index contributed by atoms with van der Waals surface area (Å²) < 4.78 is 10.4. The van der Waals surface area contributed by atoms with Crippen molar-refractivity contribution < 1.29 is 9.47 Å². The third kappa shape index (κ3) is 6.21. The van der Waals surface area contributed by atoms with Crippen molar-refractivity contribution in [3.63, 3.8) is 0 Å². The molecule has 8 heteroatoms. The molecule has 2 aromatic rings. The molecular weight excluding hydrogens is 416 g/mol. The molecule has 160 valence electrons. The molecule has 1 heterocycles. The lowest BCUT2D eigenvalue weighted by Crippen LogP contribution is -2.54. The Labute approximate surface area is 189 Å². The fraction of sp³-hybridized carbons (Fsp3) is 0.364. The number of rotatable bonds is 6. The van der Waals surface area contributed by atoms with Gasteiger partial charge in [-0.1, -0.05) is 24.3 Å². The van der Waals surface area contributed by atoms with Gasteiger partial charge in [0.1, 0.15) is 11.5 Å². The summed E-state index contributed by atoms with van der Waals surface area (Å²) in [6.07, 6.45) is 0. The highest BCUT2D eigenvalue weighted by Crippen LogP contribution is 2.12. The first-order chi connectivity index (χ1) is 14.6. The Morgan fingerprint density at radius 3 is 1.33 bits per heavy atom. The van der Waals surface area contributed by atoms with Gasteiger partial charge in [0.15, 0.2) is 10.2 Å². The molecular formula is C22H28N4O2S2. The van der Waals surface area contributed by atoms with Crippen LogP contribution in [0.3, 0.4) is 0 Å². The minimum absolute atomic E-state index is 0.699. The van der Waals surface area contributed by atoms with E-state index in [1.165, 1.54) is 11.1 Å². The molecule has 0 aliphatic carbocycles. The summed E-state index contributed by atoms with van der Waals surface area (Å²) in [6.45, 7) is 4.78. The van der Waals surface area contributed by atoms with Crippen molar-refractivity contribution in [2.45, 2.75) is 13.1 Å². The molecule has 1 aliphatic rings. The molecule has 0 amide bonds. The zero-order chi connectivity index (χ0) is 21.3. The number of thiocarbonyl (C=S) groups is 2. The summed E-state index contributed by atoms with van der Waals surface area (Å²) in [5.41, 5.74) is 2.33. The van der Waals surface area contributed by atoms with E-state index in [-0.39, 0.29) is 0 Å². The van der Waals surface area contributed by atoms with Crippen LogP contribution in [0.1, 0.15) is 11.1 Å². The van der Waals surface area contributed by atoms with Crippen molar-refractivity contribution in [2.24, 2.45) is 0 Å². The SMILES string of the molecule is COc1ccc(CNC(=S)N2CCN(C(=S)NCc3ccc(OC)cc3)CC2)cc1. The van der Waals surface area contributed by atoms with Crippen LogP contribution in [0.15, 0.2) is 48.5 Å². The van der Waals surface area contributed by atoms with Gasteiger partial charge in [0, 0.05) is 39.3 Å². The van der Waals surface area contributed by atoms with Gasteiger partial charge in [-0.05, 0) is 59.8 Å². The minimum atomic E-state index is 0.699. The maximum Gasteiger partial charge on any atom is 0.169 e. The second kappa shape index (κ2) is 11.0. The van der Waals surface area contributed by atoms with Crippen molar-refractivity contribution in [1.29, 1.82) is 0 Å². The standard InChI is InChI=1S/C22H28N4O2S2/c1-27-19-7-3-17(4-8-19)15-23-21(29)25-11-13-26(14-12-25)22(30)24-16-18-5-9-20(28-2)10-6-18/h3-10H,11-16H2,1-2H3,(H,23,29)(H,24,30). The molecule has 0 bridgehead atoms. The van der Waals surface area contributed by atoms with Gasteiger partial charge in [-0.3, -0.25) is 0 Å². The number of hydrogen-bond donors (Lipinski definition) is 2. The van der Waals surface area contributed by atoms with E-state index in [2.05, 4.69) is 20.4 Å². The van der Waals surface area contributed by atoms with Crippen molar-refractivity contribution in [2.75, 3.05) is 40.4 Å². The zero-order valence-electron chi connectivity index (χ0n) is 17.4. The Kier molecular flexibility index (Phi) is 8.10. The van der Waals surface area contributed by atoms with E-state index in [0.29, 0.717) is 13.1 Å². The van der Waals surface area contributed by atoms with Gasteiger partial charge >= 0.3 is 0 Å². The Morgan fingerprint density at radius 2 is 1.03 bits per heavy atom. The van der Waals surface area contributed by atoms with Crippen LogP contribution in [0, 0.1) is 0 Å². The third-order valence-corrected chi connectivity index (χ3v) is 5.86. The van der Waals surface area contributed by atoms with Gasteiger partial charge in [-0.25, -0.2) is 0 Å². The van der Waals surface area contributed by atoms with Crippen LogP contribution in [0.5, 0.6) is 11.5 Å². The lowest BCUT2D eigenvalue weighted by molar-refractivity contribution is 0.254. The number of piperazine rings is 1. The molecule has 30 heavy (non-hydrogen) atoms. The average Bonchev–Trinajstić information content (AvgIpc) is 2.81. The molecule has 2 N–H and O–H groups in total. The minimum Gasteiger partial charge on any atom is -0.497 e. The van der Waals surface area contributed by atoms with Crippen molar-refractivity contribution in [3.8, 4) is 11.5 Å². The number of ether oxygens (including phenoxy) is 2. The first kappa shape index (κ1) is 22.1. The molecule has 0 saturated carbocycles. The van der Waals surface area contributed by atoms with E-state index < -0.39 is 0 Å². The molecule has 0 spiro atoms. The second-order valence-electron chi connectivity index (χ2n) is 6.99. The number of methoxy groups -OCH3 is 2. The first-order valence-corrected chi connectivity index (χ1v) is 10.7. The Morgan fingerprint density at radius 1 is 0.700 bits per heavy atom. The lowest BCUT2D eigenvalue weighted by Gasteiger charge is -2.37. The highest BCUT2D eigenvalue weighted by atomic mass is 32.1. The molecule has 0 atom stereocenters. The van der Waals surface area contributed by atoms with Gasteiger partial charge < -0.3 is 29.9 Å². The molecule has 1 fully saturated rings. The molecule has 0 aromatic heterocycles. The van der Waals surface area contributed by atoms with Gasteiger partial charge in [-0.2, -0.15) is 0 Å². The van der Waals surface area contributed by atoms with Gasteiger partial charge in [0.2, 0.25) is 0 Å². The van der Waals surface area contributed by atoms with E-state index in [1.54, 1.807) is 14.2 Å². The van der Waals surface area contributed by atoms with Crippen LogP contribution in [0.2, 0.25) is 0 Å². The first-order valence-electron chi connectivity index (χ1n) is 9.90. The summed E-state index contributed by atoms with van der Waals surface area (Å²) in [7, 11) is 3.34. The van der Waals surface area contributed by atoms with Crippen LogP contribution in [-0.4, -0.2) is 60.4 Å². The van der Waals surface area contributed by atoms with Crippen LogP contribution < -0.4 is 20.1 Å². The second-order valence-corrected chi connectivity index (χ2v) is 7.76.